The summed E-state index contributed by atoms with van der Waals surface area (Å²) in [4.78, 5) is 0. The second kappa shape index (κ2) is 6.76. The summed E-state index contributed by atoms with van der Waals surface area (Å²) in [6, 6.07) is 12.3. The molecule has 0 amide bonds. The summed E-state index contributed by atoms with van der Waals surface area (Å²) in [6.07, 6.45) is 1.04. The van der Waals surface area contributed by atoms with Crippen LogP contribution in [0.3, 0.4) is 0 Å². The van der Waals surface area contributed by atoms with Crippen LogP contribution in [0.1, 0.15) is 13.3 Å². The lowest BCUT2D eigenvalue weighted by molar-refractivity contribution is 0.100. The second-order valence-electron chi connectivity index (χ2n) is 4.06. The predicted molar refractivity (Wildman–Crippen MR) is 78.3 cm³/mol. The minimum Gasteiger partial charge on any atom is -0.490 e. The molecular formula is C15H17BrO2. The maximum atomic E-state index is 5.72. The van der Waals surface area contributed by atoms with Crippen LogP contribution in [0.15, 0.2) is 40.9 Å². The van der Waals surface area contributed by atoms with Crippen LogP contribution in [-0.2, 0) is 4.74 Å². The molecule has 0 spiro atoms. The Labute approximate surface area is 116 Å². The Morgan fingerprint density at radius 1 is 1.00 bits per heavy atom. The molecule has 0 saturated heterocycles. The first-order chi connectivity index (χ1) is 8.83. The van der Waals surface area contributed by atoms with Gasteiger partial charge in [0.25, 0.3) is 0 Å². The van der Waals surface area contributed by atoms with Crippen LogP contribution in [0.4, 0.5) is 0 Å². The molecule has 0 radical (unpaired) electrons. The molecule has 0 atom stereocenters. The van der Waals surface area contributed by atoms with E-state index in [4.69, 9.17) is 9.47 Å². The molecule has 18 heavy (non-hydrogen) atoms. The van der Waals surface area contributed by atoms with Gasteiger partial charge in [0.15, 0.2) is 0 Å². The zero-order chi connectivity index (χ0) is 12.8. The molecule has 2 aromatic carbocycles. The molecule has 0 bridgehead atoms. The summed E-state index contributed by atoms with van der Waals surface area (Å²) in [5.41, 5.74) is 0. The summed E-state index contributed by atoms with van der Waals surface area (Å²) in [5.74, 6) is 0.869. The Morgan fingerprint density at radius 3 is 2.67 bits per heavy atom. The first-order valence-electron chi connectivity index (χ1n) is 6.20. The molecule has 0 fully saturated rings. The first kappa shape index (κ1) is 13.4. The SMILES string of the molecule is CCCOCCOc1ccc2ccccc2c1Br. The van der Waals surface area contributed by atoms with Crippen molar-refractivity contribution in [3.63, 3.8) is 0 Å². The van der Waals surface area contributed by atoms with Crippen molar-refractivity contribution in [1.29, 1.82) is 0 Å². The van der Waals surface area contributed by atoms with Crippen molar-refractivity contribution in [3.8, 4) is 5.75 Å². The highest BCUT2D eigenvalue weighted by Crippen LogP contribution is 2.32. The van der Waals surface area contributed by atoms with E-state index in [-0.39, 0.29) is 0 Å². The molecule has 2 aromatic rings. The van der Waals surface area contributed by atoms with Gasteiger partial charge in [-0.2, -0.15) is 0 Å². The minimum absolute atomic E-state index is 0.580. The number of hydrogen-bond acceptors (Lipinski definition) is 2. The van der Waals surface area contributed by atoms with E-state index >= 15 is 0 Å². The Bertz CT molecular complexity index is 511. The maximum Gasteiger partial charge on any atom is 0.134 e. The van der Waals surface area contributed by atoms with Gasteiger partial charge in [-0.25, -0.2) is 0 Å². The molecule has 0 aliphatic heterocycles. The lowest BCUT2D eigenvalue weighted by Gasteiger charge is -2.10. The Kier molecular flexibility index (Phi) is 5.02. The van der Waals surface area contributed by atoms with Gasteiger partial charge < -0.3 is 9.47 Å². The molecule has 0 aliphatic rings. The molecule has 2 rings (SSSR count). The van der Waals surface area contributed by atoms with Crippen LogP contribution < -0.4 is 4.74 Å². The van der Waals surface area contributed by atoms with Crippen molar-refractivity contribution in [2.75, 3.05) is 19.8 Å². The smallest absolute Gasteiger partial charge is 0.134 e. The quantitative estimate of drug-likeness (QED) is 0.736. The average Bonchev–Trinajstić information content (AvgIpc) is 2.41. The van der Waals surface area contributed by atoms with E-state index < -0.39 is 0 Å². The predicted octanol–water partition coefficient (Wildman–Crippen LogP) is 4.41. The summed E-state index contributed by atoms with van der Waals surface area (Å²) < 4.78 is 12.1. The van der Waals surface area contributed by atoms with Crippen LogP contribution >= 0.6 is 15.9 Å². The van der Waals surface area contributed by atoms with Gasteiger partial charge in [-0.15, -0.1) is 0 Å². The summed E-state index contributed by atoms with van der Waals surface area (Å²) in [6.45, 7) is 4.10. The topological polar surface area (TPSA) is 18.5 Å². The monoisotopic (exact) mass is 308 g/mol. The van der Waals surface area contributed by atoms with Crippen molar-refractivity contribution in [2.45, 2.75) is 13.3 Å². The van der Waals surface area contributed by atoms with E-state index in [1.807, 2.05) is 18.2 Å². The normalized spacial score (nSPS) is 10.8. The zero-order valence-electron chi connectivity index (χ0n) is 10.5. The van der Waals surface area contributed by atoms with Crippen molar-refractivity contribution in [2.24, 2.45) is 0 Å². The number of hydrogen-bond donors (Lipinski definition) is 0. The van der Waals surface area contributed by atoms with E-state index in [1.165, 1.54) is 10.8 Å². The van der Waals surface area contributed by atoms with Crippen molar-refractivity contribution >= 4 is 26.7 Å². The maximum absolute atomic E-state index is 5.72. The fourth-order valence-electron chi connectivity index (χ4n) is 1.78. The van der Waals surface area contributed by atoms with Crippen LogP contribution in [-0.4, -0.2) is 19.8 Å². The molecular weight excluding hydrogens is 292 g/mol. The van der Waals surface area contributed by atoms with Gasteiger partial charge in [-0.05, 0) is 39.2 Å². The van der Waals surface area contributed by atoms with Crippen molar-refractivity contribution in [3.05, 3.63) is 40.9 Å². The first-order valence-corrected chi connectivity index (χ1v) is 7.00. The number of halogens is 1. The van der Waals surface area contributed by atoms with Gasteiger partial charge in [-0.3, -0.25) is 0 Å². The van der Waals surface area contributed by atoms with Gasteiger partial charge in [0.2, 0.25) is 0 Å². The van der Waals surface area contributed by atoms with Crippen molar-refractivity contribution in [1.82, 2.24) is 0 Å². The molecule has 0 aliphatic carbocycles. The number of rotatable bonds is 6. The largest absolute Gasteiger partial charge is 0.490 e. The zero-order valence-corrected chi connectivity index (χ0v) is 12.1. The van der Waals surface area contributed by atoms with Gasteiger partial charge in [0.05, 0.1) is 11.1 Å². The Morgan fingerprint density at radius 2 is 1.83 bits per heavy atom. The Hall–Kier alpha value is -1.06. The fourth-order valence-corrected chi connectivity index (χ4v) is 2.39. The molecule has 0 aromatic heterocycles. The van der Waals surface area contributed by atoms with Gasteiger partial charge in [0.1, 0.15) is 12.4 Å². The molecule has 2 nitrogen and oxygen atoms in total. The van der Waals surface area contributed by atoms with Gasteiger partial charge >= 0.3 is 0 Å². The second-order valence-corrected chi connectivity index (χ2v) is 4.85. The molecule has 0 heterocycles. The number of fused-ring (bicyclic) bond motifs is 1. The summed E-state index contributed by atoms with van der Waals surface area (Å²) in [5, 5.41) is 2.38. The van der Waals surface area contributed by atoms with Crippen LogP contribution in [0.25, 0.3) is 10.8 Å². The molecule has 0 N–H and O–H groups in total. The third-order valence-electron chi connectivity index (χ3n) is 2.66. The van der Waals surface area contributed by atoms with E-state index in [2.05, 4.69) is 41.1 Å². The van der Waals surface area contributed by atoms with Gasteiger partial charge in [-0.1, -0.05) is 37.3 Å². The molecule has 0 saturated carbocycles. The molecule has 3 heteroatoms. The van der Waals surface area contributed by atoms with E-state index in [0.717, 1.165) is 23.2 Å². The third-order valence-corrected chi connectivity index (χ3v) is 3.48. The van der Waals surface area contributed by atoms with E-state index in [1.54, 1.807) is 0 Å². The summed E-state index contributed by atoms with van der Waals surface area (Å²) >= 11 is 3.60. The number of benzene rings is 2. The van der Waals surface area contributed by atoms with Crippen LogP contribution in [0, 0.1) is 0 Å². The lowest BCUT2D eigenvalue weighted by Crippen LogP contribution is -2.07. The molecule has 96 valence electrons. The standard InChI is InChI=1S/C15H17BrO2/c1-2-9-17-10-11-18-14-8-7-12-5-3-4-6-13(12)15(14)16/h3-8H,2,9-11H2,1H3. The highest BCUT2D eigenvalue weighted by molar-refractivity contribution is 9.10. The molecule has 0 unspecified atom stereocenters. The van der Waals surface area contributed by atoms with Gasteiger partial charge in [0, 0.05) is 6.61 Å². The van der Waals surface area contributed by atoms with E-state index in [0.29, 0.717) is 13.2 Å². The number of ether oxygens (including phenoxy) is 2. The Balaban J connectivity index is 2.03. The van der Waals surface area contributed by atoms with E-state index in [9.17, 15) is 0 Å². The average molecular weight is 309 g/mol. The van der Waals surface area contributed by atoms with Crippen LogP contribution in [0.2, 0.25) is 0 Å². The highest BCUT2D eigenvalue weighted by Gasteiger charge is 2.05. The summed E-state index contributed by atoms with van der Waals surface area (Å²) in [7, 11) is 0. The van der Waals surface area contributed by atoms with Crippen molar-refractivity contribution < 1.29 is 9.47 Å². The minimum atomic E-state index is 0.580. The fraction of sp³-hybridized carbons (Fsp3) is 0.333. The third kappa shape index (κ3) is 3.24. The van der Waals surface area contributed by atoms with Crippen LogP contribution in [0.5, 0.6) is 5.75 Å². The lowest BCUT2D eigenvalue weighted by atomic mass is 10.1. The highest BCUT2D eigenvalue weighted by atomic mass is 79.9.